The molecule has 0 N–H and O–H groups in total. The fourth-order valence-corrected chi connectivity index (χ4v) is 4.63. The highest BCUT2D eigenvalue weighted by Crippen LogP contribution is 2.45. The number of likely N-dealkylation sites (N-methyl/N-ethyl adjacent to an activating group) is 1. The molecule has 9 heteroatoms. The molecule has 1 aromatic carbocycles. The van der Waals surface area contributed by atoms with Gasteiger partial charge >= 0.3 is 5.97 Å². The molecule has 3 rings (SSSR count). The molecule has 2 heterocycles. The van der Waals surface area contributed by atoms with E-state index in [1.165, 1.54) is 12.0 Å². The Bertz CT molecular complexity index is 868. The molecule has 2 aliphatic rings. The number of hydrogen-bond donors (Lipinski definition) is 0. The number of rotatable bonds is 4. The first-order valence-electron chi connectivity index (χ1n) is 7.85. The lowest BCUT2D eigenvalue weighted by Crippen LogP contribution is -2.31. The van der Waals surface area contributed by atoms with Crippen molar-refractivity contribution in [1.82, 2.24) is 4.90 Å². The number of hydrogen-bond acceptors (Lipinski definition) is 6. The molecule has 0 aromatic heterocycles. The maximum absolute atomic E-state index is 12.9. The van der Waals surface area contributed by atoms with Crippen molar-refractivity contribution in [2.24, 2.45) is 0 Å². The zero-order chi connectivity index (χ0) is 19.0. The number of methoxy groups -OCH3 is 1. The van der Waals surface area contributed by atoms with Crippen LogP contribution in [0.25, 0.3) is 5.57 Å². The second-order valence-electron chi connectivity index (χ2n) is 5.57. The lowest BCUT2D eigenvalue weighted by Gasteiger charge is -2.14. The number of thioether (sulfide) groups is 1. The Hall–Kier alpha value is -1.71. The monoisotopic (exact) mass is 454 g/mol. The molecule has 0 atom stereocenters. The maximum Gasteiger partial charge on any atom is 0.307 e. The van der Waals surface area contributed by atoms with E-state index in [0.717, 1.165) is 21.9 Å². The van der Waals surface area contributed by atoms with Gasteiger partial charge in [0, 0.05) is 23.1 Å². The number of ether oxygens (including phenoxy) is 1. The zero-order valence-corrected chi connectivity index (χ0v) is 17.3. The van der Waals surface area contributed by atoms with Gasteiger partial charge < -0.3 is 9.64 Å². The van der Waals surface area contributed by atoms with Gasteiger partial charge in [-0.25, -0.2) is 0 Å². The van der Waals surface area contributed by atoms with Crippen LogP contribution < -0.4 is 4.90 Å². The van der Waals surface area contributed by atoms with Crippen molar-refractivity contribution in [3.8, 4) is 0 Å². The number of nitrogens with zero attached hydrogens (tertiary/aromatic N) is 2. The first-order valence-corrected chi connectivity index (χ1v) is 9.87. The average Bonchev–Trinajstić information content (AvgIpc) is 3.04. The number of carbonyl (C=O) groups is 3. The van der Waals surface area contributed by atoms with E-state index in [2.05, 4.69) is 20.7 Å². The number of carbonyl (C=O) groups excluding carboxylic acids is 3. The van der Waals surface area contributed by atoms with Crippen LogP contribution in [0.4, 0.5) is 5.69 Å². The van der Waals surface area contributed by atoms with E-state index in [9.17, 15) is 14.4 Å². The predicted molar refractivity (Wildman–Crippen MR) is 108 cm³/mol. The van der Waals surface area contributed by atoms with Gasteiger partial charge in [0.25, 0.3) is 11.8 Å². The predicted octanol–water partition coefficient (Wildman–Crippen LogP) is 2.95. The maximum atomic E-state index is 12.9. The zero-order valence-electron chi connectivity index (χ0n) is 14.1. The Labute approximate surface area is 168 Å². The number of thiocarbonyl (C=S) groups is 1. The van der Waals surface area contributed by atoms with E-state index in [1.54, 1.807) is 4.90 Å². The lowest BCUT2D eigenvalue weighted by atomic mass is 10.1. The van der Waals surface area contributed by atoms with Gasteiger partial charge in [-0.1, -0.05) is 39.9 Å². The molecule has 136 valence electrons. The van der Waals surface area contributed by atoms with Crippen LogP contribution in [-0.2, 0) is 19.1 Å². The van der Waals surface area contributed by atoms with E-state index in [4.69, 9.17) is 12.2 Å². The van der Waals surface area contributed by atoms with Crippen molar-refractivity contribution in [2.45, 2.75) is 13.3 Å². The van der Waals surface area contributed by atoms with E-state index in [-0.39, 0.29) is 24.8 Å². The molecule has 6 nitrogen and oxygen atoms in total. The average molecular weight is 455 g/mol. The van der Waals surface area contributed by atoms with Gasteiger partial charge in [0.2, 0.25) is 0 Å². The van der Waals surface area contributed by atoms with Gasteiger partial charge in [-0.05, 0) is 25.1 Å². The largest absolute Gasteiger partial charge is 0.469 e. The summed E-state index contributed by atoms with van der Waals surface area (Å²) in [6, 6.07) is 5.55. The van der Waals surface area contributed by atoms with Crippen molar-refractivity contribution >= 4 is 73.3 Å². The third-order valence-electron chi connectivity index (χ3n) is 4.14. The number of fused-ring (bicyclic) bond motifs is 1. The molecular weight excluding hydrogens is 440 g/mol. The first-order chi connectivity index (χ1) is 12.4. The van der Waals surface area contributed by atoms with Crippen molar-refractivity contribution in [1.29, 1.82) is 0 Å². The second kappa shape index (κ2) is 7.50. The third kappa shape index (κ3) is 3.19. The normalized spacial score (nSPS) is 19.4. The van der Waals surface area contributed by atoms with Crippen LogP contribution in [-0.4, -0.2) is 47.2 Å². The molecule has 0 unspecified atom stereocenters. The fraction of sp³-hybridized carbons (Fsp3) is 0.294. The highest BCUT2D eigenvalue weighted by Gasteiger charge is 2.41. The van der Waals surface area contributed by atoms with E-state index in [1.807, 2.05) is 25.1 Å². The second-order valence-corrected chi connectivity index (χ2v) is 8.13. The summed E-state index contributed by atoms with van der Waals surface area (Å²) in [6.45, 7) is 2.51. The molecular formula is C17H15BrN2O4S2. The smallest absolute Gasteiger partial charge is 0.307 e. The van der Waals surface area contributed by atoms with Crippen LogP contribution in [0.15, 0.2) is 27.6 Å². The summed E-state index contributed by atoms with van der Waals surface area (Å²) < 4.78 is 5.76. The number of anilines is 1. The van der Waals surface area contributed by atoms with E-state index >= 15 is 0 Å². The van der Waals surface area contributed by atoms with Gasteiger partial charge in [-0.15, -0.1) is 0 Å². The molecule has 0 bridgehead atoms. The standard InChI is InChI=1S/C17H15BrN2O4S2/c1-3-19-11-5-4-9(18)8-10(11)13(15(19)22)14-16(23)20(17(25)26-14)7-6-12(21)24-2/h4-5,8H,3,6-7H2,1-2H3/b14-13-. The SMILES string of the molecule is CCN1C(=O)/C(=C2\SC(=S)N(CCC(=O)OC)C2=O)c2cc(Br)ccc21. The molecule has 26 heavy (non-hydrogen) atoms. The topological polar surface area (TPSA) is 66.9 Å². The minimum atomic E-state index is -0.421. The highest BCUT2D eigenvalue weighted by atomic mass is 79.9. The van der Waals surface area contributed by atoms with Gasteiger partial charge in [0.1, 0.15) is 4.32 Å². The molecule has 0 saturated carbocycles. The lowest BCUT2D eigenvalue weighted by molar-refractivity contribution is -0.141. The van der Waals surface area contributed by atoms with Crippen molar-refractivity contribution < 1.29 is 19.1 Å². The Morgan fingerprint density at radius 2 is 2.00 bits per heavy atom. The Kier molecular flexibility index (Phi) is 5.50. The number of amides is 2. The van der Waals surface area contributed by atoms with E-state index in [0.29, 0.717) is 26.9 Å². The van der Waals surface area contributed by atoms with Crippen LogP contribution in [0.3, 0.4) is 0 Å². The Morgan fingerprint density at radius 3 is 2.65 bits per heavy atom. The molecule has 0 aliphatic carbocycles. The van der Waals surface area contributed by atoms with Crippen molar-refractivity contribution in [2.75, 3.05) is 25.1 Å². The quantitative estimate of drug-likeness (QED) is 0.395. The van der Waals surface area contributed by atoms with Gasteiger partial charge in [0.05, 0.1) is 29.7 Å². The first kappa shape index (κ1) is 19.1. The summed E-state index contributed by atoms with van der Waals surface area (Å²) >= 11 is 9.80. The summed E-state index contributed by atoms with van der Waals surface area (Å²) in [5.41, 5.74) is 1.84. The van der Waals surface area contributed by atoms with Crippen molar-refractivity contribution in [3.05, 3.63) is 33.1 Å². The van der Waals surface area contributed by atoms with Gasteiger partial charge in [0.15, 0.2) is 0 Å². The summed E-state index contributed by atoms with van der Waals surface area (Å²) in [6.07, 6.45) is 0.0444. The molecule has 2 amide bonds. The van der Waals surface area contributed by atoms with Crippen LogP contribution in [0.5, 0.6) is 0 Å². The van der Waals surface area contributed by atoms with Gasteiger partial charge in [-0.2, -0.15) is 0 Å². The number of esters is 1. The third-order valence-corrected chi connectivity index (χ3v) is 6.08. The van der Waals surface area contributed by atoms with Crippen molar-refractivity contribution in [3.63, 3.8) is 0 Å². The highest BCUT2D eigenvalue weighted by molar-refractivity contribution is 9.10. The number of halogens is 1. The minimum absolute atomic E-state index is 0.0444. The van der Waals surface area contributed by atoms with Crippen LogP contribution in [0.1, 0.15) is 18.9 Å². The molecule has 1 fully saturated rings. The summed E-state index contributed by atoms with van der Waals surface area (Å²) in [4.78, 5) is 40.4. The number of benzene rings is 1. The Balaban J connectivity index is 2.02. The molecule has 0 spiro atoms. The molecule has 2 aliphatic heterocycles. The Morgan fingerprint density at radius 1 is 1.27 bits per heavy atom. The van der Waals surface area contributed by atoms with Gasteiger partial charge in [-0.3, -0.25) is 19.3 Å². The fourth-order valence-electron chi connectivity index (χ4n) is 2.88. The molecule has 1 aromatic rings. The molecule has 0 radical (unpaired) electrons. The van der Waals surface area contributed by atoms with E-state index < -0.39 is 5.97 Å². The summed E-state index contributed by atoms with van der Waals surface area (Å²) in [5.74, 6) is -0.986. The summed E-state index contributed by atoms with van der Waals surface area (Å²) in [7, 11) is 1.29. The van der Waals surface area contributed by atoms with Crippen LogP contribution in [0.2, 0.25) is 0 Å². The van der Waals surface area contributed by atoms with Crippen LogP contribution >= 0.6 is 39.9 Å². The molecule has 1 saturated heterocycles. The minimum Gasteiger partial charge on any atom is -0.469 e. The summed E-state index contributed by atoms with van der Waals surface area (Å²) in [5, 5.41) is 0. The van der Waals surface area contributed by atoms with Crippen LogP contribution in [0, 0.1) is 0 Å².